The van der Waals surface area contributed by atoms with Crippen LogP contribution in [-0.4, -0.2) is 29.1 Å². The highest BCUT2D eigenvalue weighted by molar-refractivity contribution is 7.90. The minimum atomic E-state index is -2.89. The molecule has 2 aromatic heterocycles. The van der Waals surface area contributed by atoms with Crippen molar-refractivity contribution in [3.8, 4) is 22.9 Å². The number of alkyl halides is 2. The fourth-order valence-corrected chi connectivity index (χ4v) is 2.62. The van der Waals surface area contributed by atoms with E-state index in [4.69, 9.17) is 13.1 Å². The summed E-state index contributed by atoms with van der Waals surface area (Å²) in [4.78, 5) is 8.75. The summed E-state index contributed by atoms with van der Waals surface area (Å²) in [6, 6.07) is 5.21. The highest BCUT2D eigenvalue weighted by Gasteiger charge is 2.26. The molecule has 0 unspecified atom stereocenters. The highest BCUT2D eigenvalue weighted by atomic mass is 32.2. The summed E-state index contributed by atoms with van der Waals surface area (Å²) in [5.41, 5.74) is 2.26. The molecular weight excluding hydrogens is 362 g/mol. The zero-order valence-corrected chi connectivity index (χ0v) is 15.4. The van der Waals surface area contributed by atoms with Crippen molar-refractivity contribution in [2.45, 2.75) is 38.5 Å². The third kappa shape index (κ3) is 5.28. The summed E-state index contributed by atoms with van der Waals surface area (Å²) in [5.74, 6) is -1.52. The Kier molecular flexibility index (Phi) is 5.93. The summed E-state index contributed by atoms with van der Waals surface area (Å²) >= 11 is 0.894. The molecule has 5 nitrogen and oxygen atoms in total. The quantitative estimate of drug-likeness (QED) is 0.448. The fraction of sp³-hybridized carbons (Fsp3) is 0.444. The standard InChI is InChI=1S/C18H20F2N2O3S/c1-3-24-26-25-16-8-13(12-4-5-12)9-22-17(16)15-7-6-14(10-21-15)23-11-18(2,19)20/h6-10,12H,3-5,11H2,1-2H3. The summed E-state index contributed by atoms with van der Waals surface area (Å²) in [6.07, 6.45) is 5.54. The Bertz CT molecular complexity index is 734. The van der Waals surface area contributed by atoms with Crippen molar-refractivity contribution in [1.29, 1.82) is 0 Å². The molecule has 0 amide bonds. The number of pyridine rings is 2. The van der Waals surface area contributed by atoms with Crippen LogP contribution in [0.15, 0.2) is 30.6 Å². The second kappa shape index (κ2) is 8.18. The molecule has 0 atom stereocenters. The second-order valence-corrected chi connectivity index (χ2v) is 6.72. The number of rotatable bonds is 9. The molecule has 0 aliphatic heterocycles. The molecule has 140 valence electrons. The molecule has 1 aliphatic rings. The van der Waals surface area contributed by atoms with Gasteiger partial charge < -0.3 is 8.92 Å². The first-order valence-electron chi connectivity index (χ1n) is 8.39. The maximum Gasteiger partial charge on any atom is 0.278 e. The topological polar surface area (TPSA) is 53.5 Å². The minimum Gasteiger partial charge on any atom is -0.486 e. The molecule has 2 aromatic rings. The summed E-state index contributed by atoms with van der Waals surface area (Å²) in [5, 5.41) is 0. The predicted octanol–water partition coefficient (Wildman–Crippen LogP) is 5.03. The van der Waals surface area contributed by atoms with Gasteiger partial charge in [0.15, 0.2) is 12.4 Å². The van der Waals surface area contributed by atoms with E-state index in [-0.39, 0.29) is 5.75 Å². The third-order valence-corrected chi connectivity index (χ3v) is 4.26. The average molecular weight is 382 g/mol. The summed E-state index contributed by atoms with van der Waals surface area (Å²) < 4.78 is 41.6. The van der Waals surface area contributed by atoms with Crippen molar-refractivity contribution in [3.05, 3.63) is 36.2 Å². The van der Waals surface area contributed by atoms with E-state index >= 15 is 0 Å². The molecule has 8 heteroatoms. The molecule has 2 heterocycles. The molecule has 1 fully saturated rings. The van der Waals surface area contributed by atoms with Gasteiger partial charge in [-0.1, -0.05) is 0 Å². The minimum absolute atomic E-state index is 0.274. The van der Waals surface area contributed by atoms with Crippen LogP contribution >= 0.6 is 12.3 Å². The monoisotopic (exact) mass is 382 g/mol. The first kappa shape index (κ1) is 18.8. The normalized spacial score (nSPS) is 14.3. The number of hydrogen-bond donors (Lipinski definition) is 0. The Morgan fingerprint density at radius 1 is 1.23 bits per heavy atom. The highest BCUT2D eigenvalue weighted by Crippen LogP contribution is 2.42. The maximum atomic E-state index is 12.9. The van der Waals surface area contributed by atoms with Crippen molar-refractivity contribution in [3.63, 3.8) is 0 Å². The van der Waals surface area contributed by atoms with Crippen molar-refractivity contribution >= 4 is 12.3 Å². The number of hydrogen-bond acceptors (Lipinski definition) is 6. The van der Waals surface area contributed by atoms with Gasteiger partial charge in [-0.15, -0.1) is 0 Å². The number of halogens is 2. The number of aromatic nitrogens is 2. The van der Waals surface area contributed by atoms with Gasteiger partial charge in [-0.3, -0.25) is 14.2 Å². The van der Waals surface area contributed by atoms with Gasteiger partial charge in [-0.25, -0.2) is 8.78 Å². The van der Waals surface area contributed by atoms with Crippen molar-refractivity contribution in [2.24, 2.45) is 0 Å². The zero-order valence-electron chi connectivity index (χ0n) is 14.6. The van der Waals surface area contributed by atoms with Crippen LogP contribution in [0.25, 0.3) is 11.4 Å². The van der Waals surface area contributed by atoms with Crippen LogP contribution in [0.3, 0.4) is 0 Å². The molecule has 0 radical (unpaired) electrons. The molecule has 0 aromatic carbocycles. The Labute approximate surface area is 155 Å². The fourth-order valence-electron chi connectivity index (χ4n) is 2.28. The molecule has 0 saturated heterocycles. The lowest BCUT2D eigenvalue weighted by Gasteiger charge is -2.13. The summed E-state index contributed by atoms with van der Waals surface area (Å²) in [7, 11) is 0. The number of nitrogens with zero attached hydrogens (tertiary/aromatic N) is 2. The molecular formula is C18H20F2N2O3S. The SMILES string of the molecule is CCOSOc1cc(C2CC2)cnc1-c1ccc(OCC(C)(F)F)cn1. The molecule has 0 spiro atoms. The Morgan fingerprint density at radius 2 is 2.04 bits per heavy atom. The van der Waals surface area contributed by atoms with E-state index in [1.807, 2.05) is 19.2 Å². The van der Waals surface area contributed by atoms with Crippen LogP contribution in [0.1, 0.15) is 38.2 Å². The lowest BCUT2D eigenvalue weighted by molar-refractivity contribution is -0.0230. The Balaban J connectivity index is 1.78. The maximum absolute atomic E-state index is 12.9. The van der Waals surface area contributed by atoms with E-state index in [0.29, 0.717) is 29.7 Å². The molecule has 0 bridgehead atoms. The largest absolute Gasteiger partial charge is 0.486 e. The molecule has 1 aliphatic carbocycles. The molecule has 0 N–H and O–H groups in total. The van der Waals surface area contributed by atoms with Gasteiger partial charge in [0, 0.05) is 13.1 Å². The van der Waals surface area contributed by atoms with Crippen LogP contribution in [0.5, 0.6) is 11.5 Å². The Hall–Kier alpha value is -1.93. The first-order valence-corrected chi connectivity index (χ1v) is 9.06. The van der Waals surface area contributed by atoms with E-state index in [1.54, 1.807) is 12.1 Å². The zero-order chi connectivity index (χ0) is 18.6. The average Bonchev–Trinajstić information content (AvgIpc) is 3.45. The van der Waals surface area contributed by atoms with Gasteiger partial charge in [0.25, 0.3) is 5.92 Å². The van der Waals surface area contributed by atoms with E-state index in [9.17, 15) is 8.78 Å². The van der Waals surface area contributed by atoms with Gasteiger partial charge in [-0.2, -0.15) is 0 Å². The Morgan fingerprint density at radius 3 is 2.65 bits per heavy atom. The predicted molar refractivity (Wildman–Crippen MR) is 95.4 cm³/mol. The van der Waals surface area contributed by atoms with E-state index in [0.717, 1.165) is 37.7 Å². The van der Waals surface area contributed by atoms with Crippen molar-refractivity contribution in [1.82, 2.24) is 9.97 Å². The summed E-state index contributed by atoms with van der Waals surface area (Å²) in [6.45, 7) is 2.50. The van der Waals surface area contributed by atoms with Gasteiger partial charge in [0.05, 0.1) is 18.5 Å². The smallest absolute Gasteiger partial charge is 0.278 e. The van der Waals surface area contributed by atoms with Gasteiger partial charge in [0.2, 0.25) is 12.3 Å². The second-order valence-electron chi connectivity index (χ2n) is 6.19. The van der Waals surface area contributed by atoms with E-state index in [1.165, 1.54) is 6.20 Å². The molecule has 3 rings (SSSR count). The van der Waals surface area contributed by atoms with Gasteiger partial charge >= 0.3 is 0 Å². The van der Waals surface area contributed by atoms with Crippen LogP contribution in [-0.2, 0) is 4.18 Å². The van der Waals surface area contributed by atoms with Crippen LogP contribution in [0.2, 0.25) is 0 Å². The molecule has 1 saturated carbocycles. The van der Waals surface area contributed by atoms with Gasteiger partial charge in [0.1, 0.15) is 11.4 Å². The third-order valence-electron chi connectivity index (χ3n) is 3.68. The van der Waals surface area contributed by atoms with E-state index in [2.05, 4.69) is 9.97 Å². The van der Waals surface area contributed by atoms with E-state index < -0.39 is 12.5 Å². The number of ether oxygens (including phenoxy) is 1. The van der Waals surface area contributed by atoms with Gasteiger partial charge in [-0.05, 0) is 49.4 Å². The van der Waals surface area contributed by atoms with Crippen molar-refractivity contribution < 1.29 is 21.9 Å². The van der Waals surface area contributed by atoms with Crippen molar-refractivity contribution in [2.75, 3.05) is 13.2 Å². The molecule has 26 heavy (non-hydrogen) atoms. The lowest BCUT2D eigenvalue weighted by Crippen LogP contribution is -2.20. The lowest BCUT2D eigenvalue weighted by atomic mass is 10.1. The van der Waals surface area contributed by atoms with Crippen LogP contribution < -0.4 is 8.92 Å². The first-order chi connectivity index (χ1) is 12.5. The van der Waals surface area contributed by atoms with Crippen LogP contribution in [0.4, 0.5) is 8.78 Å². The van der Waals surface area contributed by atoms with Crippen LogP contribution in [0, 0.1) is 0 Å².